The number of thioether (sulfide) groups is 1. The molecule has 0 fully saturated rings. The summed E-state index contributed by atoms with van der Waals surface area (Å²) in [6.07, 6.45) is 0.210. The first-order valence-corrected chi connectivity index (χ1v) is 10.2. The first kappa shape index (κ1) is 19.1. The van der Waals surface area contributed by atoms with Crippen LogP contribution in [0.3, 0.4) is 0 Å². The van der Waals surface area contributed by atoms with Gasteiger partial charge < -0.3 is 10.6 Å². The number of benzene rings is 2. The topological polar surface area (TPSA) is 71.1 Å². The highest BCUT2D eigenvalue weighted by atomic mass is 32.2. The molecule has 0 bridgehead atoms. The van der Waals surface area contributed by atoms with E-state index in [-0.39, 0.29) is 24.0 Å². The Morgan fingerprint density at radius 1 is 0.963 bits per heavy atom. The number of thiazole rings is 1. The Morgan fingerprint density at radius 3 is 2.37 bits per heavy atom. The van der Waals surface area contributed by atoms with Crippen LogP contribution in [0.1, 0.15) is 11.3 Å². The molecule has 0 saturated carbocycles. The summed E-state index contributed by atoms with van der Waals surface area (Å²) in [7, 11) is 0. The van der Waals surface area contributed by atoms with Gasteiger partial charge in [0.2, 0.25) is 11.8 Å². The maximum atomic E-state index is 12.1. The summed E-state index contributed by atoms with van der Waals surface area (Å²) in [5, 5.41) is 7.55. The second-order valence-corrected chi connectivity index (χ2v) is 7.98. The Morgan fingerprint density at radius 2 is 1.63 bits per heavy atom. The number of carbonyl (C=O) groups excluding carboxylic acids is 2. The molecule has 0 atom stereocenters. The monoisotopic (exact) mass is 397 g/mol. The van der Waals surface area contributed by atoms with Crippen molar-refractivity contribution in [3.63, 3.8) is 0 Å². The molecule has 7 heteroatoms. The molecule has 0 spiro atoms. The highest BCUT2D eigenvalue weighted by molar-refractivity contribution is 8.01. The van der Waals surface area contributed by atoms with E-state index in [1.165, 1.54) is 23.1 Å². The molecule has 0 aliphatic heterocycles. The van der Waals surface area contributed by atoms with Gasteiger partial charge in [0, 0.05) is 16.8 Å². The Balaban J connectivity index is 1.45. The van der Waals surface area contributed by atoms with Crippen LogP contribution in [0.4, 0.5) is 11.4 Å². The lowest BCUT2D eigenvalue weighted by molar-refractivity contribution is -0.116. The molecular formula is C20H19N3O2S2. The Bertz CT molecular complexity index is 908. The van der Waals surface area contributed by atoms with Gasteiger partial charge in [-0.15, -0.1) is 11.3 Å². The second-order valence-electron chi connectivity index (χ2n) is 5.90. The number of para-hydroxylation sites is 1. The highest BCUT2D eigenvalue weighted by Gasteiger charge is 2.10. The van der Waals surface area contributed by atoms with Crippen molar-refractivity contribution < 1.29 is 9.59 Å². The molecule has 3 rings (SSSR count). The molecule has 2 amide bonds. The van der Waals surface area contributed by atoms with Crippen molar-refractivity contribution in [2.24, 2.45) is 0 Å². The molecule has 0 unspecified atom stereocenters. The SMILES string of the molecule is Cc1ccc(NC(=O)CSc2nc(CC(=O)Nc3ccccc3)cs2)cc1. The van der Waals surface area contributed by atoms with Crippen LogP contribution < -0.4 is 10.6 Å². The number of hydrogen-bond acceptors (Lipinski definition) is 5. The number of anilines is 2. The molecule has 0 radical (unpaired) electrons. The summed E-state index contributed by atoms with van der Waals surface area (Å²) in [6, 6.07) is 17.0. The zero-order valence-electron chi connectivity index (χ0n) is 14.8. The molecule has 2 aromatic carbocycles. The van der Waals surface area contributed by atoms with Gasteiger partial charge in [0.15, 0.2) is 4.34 Å². The summed E-state index contributed by atoms with van der Waals surface area (Å²) in [6.45, 7) is 2.00. The first-order chi connectivity index (χ1) is 13.1. The Labute approximate surface area is 166 Å². The predicted molar refractivity (Wildman–Crippen MR) is 111 cm³/mol. The predicted octanol–water partition coefficient (Wildman–Crippen LogP) is 4.36. The average molecular weight is 398 g/mol. The smallest absolute Gasteiger partial charge is 0.234 e. The van der Waals surface area contributed by atoms with Crippen LogP contribution in [0.15, 0.2) is 64.3 Å². The molecule has 1 aromatic heterocycles. The molecule has 27 heavy (non-hydrogen) atoms. The number of hydrogen-bond donors (Lipinski definition) is 2. The van der Waals surface area contributed by atoms with Crippen molar-refractivity contribution in [1.82, 2.24) is 4.98 Å². The van der Waals surface area contributed by atoms with Crippen molar-refractivity contribution in [2.75, 3.05) is 16.4 Å². The lowest BCUT2D eigenvalue weighted by atomic mass is 10.2. The molecule has 0 aliphatic rings. The third-order valence-corrected chi connectivity index (χ3v) is 5.66. The third-order valence-electron chi connectivity index (χ3n) is 3.59. The maximum absolute atomic E-state index is 12.1. The van der Waals surface area contributed by atoms with E-state index < -0.39 is 0 Å². The summed E-state index contributed by atoms with van der Waals surface area (Å²) >= 11 is 2.81. The van der Waals surface area contributed by atoms with Crippen LogP contribution in [-0.4, -0.2) is 22.6 Å². The molecule has 138 valence electrons. The van der Waals surface area contributed by atoms with Crippen molar-refractivity contribution in [3.8, 4) is 0 Å². The molecule has 2 N–H and O–H groups in total. The fourth-order valence-electron chi connectivity index (χ4n) is 2.29. The molecule has 0 aliphatic carbocycles. The van der Waals surface area contributed by atoms with Gasteiger partial charge in [-0.3, -0.25) is 9.59 Å². The average Bonchev–Trinajstić information content (AvgIpc) is 3.10. The van der Waals surface area contributed by atoms with E-state index in [2.05, 4.69) is 15.6 Å². The van der Waals surface area contributed by atoms with Crippen LogP contribution in [0.2, 0.25) is 0 Å². The minimum Gasteiger partial charge on any atom is -0.326 e. The Hall–Kier alpha value is -2.64. The molecule has 1 heterocycles. The van der Waals surface area contributed by atoms with Crippen molar-refractivity contribution >= 4 is 46.3 Å². The first-order valence-electron chi connectivity index (χ1n) is 8.37. The number of aryl methyl sites for hydroxylation is 1. The van der Waals surface area contributed by atoms with E-state index in [0.717, 1.165) is 21.3 Å². The second kappa shape index (κ2) is 9.34. The van der Waals surface area contributed by atoms with Crippen LogP contribution in [0.5, 0.6) is 0 Å². The zero-order valence-corrected chi connectivity index (χ0v) is 16.4. The molecule has 5 nitrogen and oxygen atoms in total. The lowest BCUT2D eigenvalue weighted by Crippen LogP contribution is -2.14. The Kier molecular flexibility index (Phi) is 6.62. The van der Waals surface area contributed by atoms with Crippen LogP contribution in [0, 0.1) is 6.92 Å². The number of amides is 2. The normalized spacial score (nSPS) is 10.4. The number of carbonyl (C=O) groups is 2. The largest absolute Gasteiger partial charge is 0.326 e. The van der Waals surface area contributed by atoms with Gasteiger partial charge in [0.05, 0.1) is 17.9 Å². The maximum Gasteiger partial charge on any atom is 0.234 e. The summed E-state index contributed by atoms with van der Waals surface area (Å²) in [5.74, 6) is 0.0828. The van der Waals surface area contributed by atoms with Crippen LogP contribution >= 0.6 is 23.1 Å². The third kappa shape index (κ3) is 6.23. The van der Waals surface area contributed by atoms with Gasteiger partial charge in [0.1, 0.15) is 0 Å². The van der Waals surface area contributed by atoms with E-state index in [4.69, 9.17) is 0 Å². The highest BCUT2D eigenvalue weighted by Crippen LogP contribution is 2.23. The molecule has 3 aromatic rings. The van der Waals surface area contributed by atoms with Gasteiger partial charge in [-0.1, -0.05) is 47.7 Å². The number of rotatable bonds is 7. The van der Waals surface area contributed by atoms with E-state index in [1.54, 1.807) is 0 Å². The number of aromatic nitrogens is 1. The minimum absolute atomic E-state index is 0.0811. The van der Waals surface area contributed by atoms with Crippen molar-refractivity contribution in [1.29, 1.82) is 0 Å². The van der Waals surface area contributed by atoms with E-state index >= 15 is 0 Å². The standard InChI is InChI=1S/C20H19N3O2S2/c1-14-7-9-16(10-8-14)22-19(25)13-27-20-23-17(12-26-20)11-18(24)21-15-5-3-2-4-6-15/h2-10,12H,11,13H2,1H3,(H,21,24)(H,22,25). The molecule has 0 saturated heterocycles. The summed E-state index contributed by atoms with van der Waals surface area (Å²) < 4.78 is 0.775. The number of nitrogens with zero attached hydrogens (tertiary/aromatic N) is 1. The van der Waals surface area contributed by atoms with E-state index in [9.17, 15) is 9.59 Å². The molecular weight excluding hydrogens is 378 g/mol. The van der Waals surface area contributed by atoms with E-state index in [1.807, 2.05) is 66.9 Å². The van der Waals surface area contributed by atoms with Gasteiger partial charge in [0.25, 0.3) is 0 Å². The quantitative estimate of drug-likeness (QED) is 0.581. The van der Waals surface area contributed by atoms with Crippen molar-refractivity contribution in [3.05, 3.63) is 71.2 Å². The lowest BCUT2D eigenvalue weighted by Gasteiger charge is -2.04. The van der Waals surface area contributed by atoms with Gasteiger partial charge in [-0.25, -0.2) is 4.98 Å². The van der Waals surface area contributed by atoms with Crippen LogP contribution in [-0.2, 0) is 16.0 Å². The number of nitrogens with one attached hydrogen (secondary N) is 2. The van der Waals surface area contributed by atoms with Gasteiger partial charge in [-0.2, -0.15) is 0 Å². The van der Waals surface area contributed by atoms with Gasteiger partial charge in [-0.05, 0) is 31.2 Å². The summed E-state index contributed by atoms with van der Waals surface area (Å²) in [5.41, 5.74) is 3.40. The zero-order chi connectivity index (χ0) is 19.1. The summed E-state index contributed by atoms with van der Waals surface area (Å²) in [4.78, 5) is 28.5. The van der Waals surface area contributed by atoms with Gasteiger partial charge >= 0.3 is 0 Å². The minimum atomic E-state index is -0.111. The fraction of sp³-hybridized carbons (Fsp3) is 0.150. The van der Waals surface area contributed by atoms with Crippen molar-refractivity contribution in [2.45, 2.75) is 17.7 Å². The van der Waals surface area contributed by atoms with E-state index in [0.29, 0.717) is 5.69 Å². The fourth-order valence-corrected chi connectivity index (χ4v) is 3.93. The van der Waals surface area contributed by atoms with Crippen LogP contribution in [0.25, 0.3) is 0 Å².